The van der Waals surface area contributed by atoms with Gasteiger partial charge < -0.3 is 19.2 Å². The number of hydrogen-bond donors (Lipinski definition) is 1. The lowest BCUT2D eigenvalue weighted by atomic mass is 10.0. The van der Waals surface area contributed by atoms with Crippen LogP contribution in [-0.4, -0.2) is 47.8 Å². The van der Waals surface area contributed by atoms with Crippen LogP contribution in [0.25, 0.3) is 11.0 Å². The number of morpholine rings is 1. The van der Waals surface area contributed by atoms with Gasteiger partial charge in [0.2, 0.25) is 5.91 Å². The van der Waals surface area contributed by atoms with Crippen molar-refractivity contribution in [2.45, 2.75) is 45.3 Å². The Kier molecular flexibility index (Phi) is 4.29. The minimum absolute atomic E-state index is 0.0697. The molecular weight excluding hydrogens is 318 g/mol. The molecule has 1 aliphatic carbocycles. The van der Waals surface area contributed by atoms with Crippen molar-refractivity contribution >= 4 is 16.9 Å². The number of aryl methyl sites for hydroxylation is 2. The summed E-state index contributed by atoms with van der Waals surface area (Å²) in [7, 11) is 0. The molecule has 2 fully saturated rings. The molecule has 0 radical (unpaired) electrons. The highest BCUT2D eigenvalue weighted by atomic mass is 16.5. The highest BCUT2D eigenvalue weighted by molar-refractivity contribution is 5.90. The van der Waals surface area contributed by atoms with E-state index in [1.807, 2.05) is 17.9 Å². The van der Waals surface area contributed by atoms with Crippen molar-refractivity contribution in [1.82, 2.24) is 4.90 Å². The van der Waals surface area contributed by atoms with Crippen molar-refractivity contribution in [3.63, 3.8) is 0 Å². The van der Waals surface area contributed by atoms with Gasteiger partial charge in [-0.25, -0.2) is 0 Å². The van der Waals surface area contributed by atoms with Gasteiger partial charge in [-0.15, -0.1) is 0 Å². The molecule has 2 aliphatic rings. The molecule has 1 saturated heterocycles. The van der Waals surface area contributed by atoms with Gasteiger partial charge in [0.1, 0.15) is 5.58 Å². The van der Waals surface area contributed by atoms with Crippen molar-refractivity contribution in [2.75, 3.05) is 19.8 Å². The molecular formula is C20H25NO4. The molecule has 4 rings (SSSR count). The Bertz CT molecular complexity index is 796. The van der Waals surface area contributed by atoms with Gasteiger partial charge in [0.25, 0.3) is 0 Å². The van der Waals surface area contributed by atoms with Crippen molar-refractivity contribution in [3.05, 3.63) is 35.1 Å². The second-order valence-corrected chi connectivity index (χ2v) is 7.48. The quantitative estimate of drug-likeness (QED) is 0.930. The lowest BCUT2D eigenvalue weighted by Gasteiger charge is -2.37. The van der Waals surface area contributed by atoms with Crippen molar-refractivity contribution in [3.8, 4) is 0 Å². The molecule has 0 spiro atoms. The predicted molar refractivity (Wildman–Crippen MR) is 94.4 cm³/mol. The zero-order chi connectivity index (χ0) is 17.6. The van der Waals surface area contributed by atoms with E-state index < -0.39 is 0 Å². The molecule has 1 saturated carbocycles. The fourth-order valence-corrected chi connectivity index (χ4v) is 4.53. The van der Waals surface area contributed by atoms with E-state index in [2.05, 4.69) is 13.0 Å². The fraction of sp³-hybridized carbons (Fsp3) is 0.550. The maximum absolute atomic E-state index is 13.0. The van der Waals surface area contributed by atoms with Gasteiger partial charge in [0.15, 0.2) is 0 Å². The summed E-state index contributed by atoms with van der Waals surface area (Å²) in [6, 6.07) is 4.24. The van der Waals surface area contributed by atoms with E-state index in [0.29, 0.717) is 19.6 Å². The van der Waals surface area contributed by atoms with Crippen molar-refractivity contribution < 1.29 is 19.1 Å². The Hall–Kier alpha value is -1.85. The van der Waals surface area contributed by atoms with Crippen LogP contribution in [0.4, 0.5) is 0 Å². The fourth-order valence-electron chi connectivity index (χ4n) is 4.53. The van der Waals surface area contributed by atoms with Crippen LogP contribution in [-0.2, 0) is 16.0 Å². The Morgan fingerprint density at radius 2 is 2.16 bits per heavy atom. The Labute approximate surface area is 147 Å². The number of nitrogens with zero attached hydrogens (tertiary/aromatic N) is 1. The summed E-state index contributed by atoms with van der Waals surface area (Å²) in [5.41, 5.74) is 4.11. The standard InChI is InChI=1S/C20H25NO4/c1-12-5-13(2)20-15(11-25-18(20)6-12)9-19(23)21-3-4-24-17-8-14(10-22)7-16(17)21/h5-6,11,14,16-17,22H,3-4,7-10H2,1-2H3/t14-,16+,17?/m1/s1. The van der Waals surface area contributed by atoms with E-state index in [4.69, 9.17) is 9.15 Å². The van der Waals surface area contributed by atoms with Gasteiger partial charge in [-0.2, -0.15) is 0 Å². The molecule has 5 nitrogen and oxygen atoms in total. The highest BCUT2D eigenvalue weighted by Crippen LogP contribution is 2.35. The first kappa shape index (κ1) is 16.6. The normalized spacial score (nSPS) is 26.2. The average molecular weight is 343 g/mol. The highest BCUT2D eigenvalue weighted by Gasteiger charge is 2.42. The number of aliphatic hydroxyl groups excluding tert-OH is 1. The minimum Gasteiger partial charge on any atom is -0.464 e. The summed E-state index contributed by atoms with van der Waals surface area (Å²) in [5, 5.41) is 10.5. The lowest BCUT2D eigenvalue weighted by molar-refractivity contribution is -0.143. The average Bonchev–Trinajstić information content (AvgIpc) is 3.18. The zero-order valence-electron chi connectivity index (χ0n) is 14.8. The largest absolute Gasteiger partial charge is 0.464 e. The van der Waals surface area contributed by atoms with Crippen LogP contribution in [0.1, 0.15) is 29.5 Å². The van der Waals surface area contributed by atoms with Crippen LogP contribution in [0.2, 0.25) is 0 Å². The molecule has 1 amide bonds. The molecule has 1 N–H and O–H groups in total. The molecule has 5 heteroatoms. The van der Waals surface area contributed by atoms with E-state index in [0.717, 1.165) is 40.5 Å². The third-order valence-electron chi connectivity index (χ3n) is 5.65. The summed E-state index contributed by atoms with van der Waals surface area (Å²) in [6.45, 7) is 5.49. The Morgan fingerprint density at radius 3 is 2.96 bits per heavy atom. The van der Waals surface area contributed by atoms with E-state index >= 15 is 0 Å². The second-order valence-electron chi connectivity index (χ2n) is 7.48. The Morgan fingerprint density at radius 1 is 1.32 bits per heavy atom. The first-order chi connectivity index (χ1) is 12.1. The monoisotopic (exact) mass is 343 g/mol. The number of fused-ring (bicyclic) bond motifs is 2. The number of furan rings is 1. The molecule has 1 aromatic carbocycles. The summed E-state index contributed by atoms with van der Waals surface area (Å²) < 4.78 is 11.5. The zero-order valence-corrected chi connectivity index (χ0v) is 14.8. The summed E-state index contributed by atoms with van der Waals surface area (Å²) >= 11 is 0. The SMILES string of the molecule is Cc1cc(C)c2c(CC(=O)N3CCOC4C[C@H](CO)C[C@@H]43)coc2c1. The number of ether oxygens (including phenoxy) is 1. The topological polar surface area (TPSA) is 62.9 Å². The van der Waals surface area contributed by atoms with Crippen LogP contribution in [0, 0.1) is 19.8 Å². The van der Waals surface area contributed by atoms with Crippen LogP contribution in [0.15, 0.2) is 22.8 Å². The van der Waals surface area contributed by atoms with Crippen molar-refractivity contribution in [2.24, 2.45) is 5.92 Å². The smallest absolute Gasteiger partial charge is 0.227 e. The maximum atomic E-state index is 13.0. The van der Waals surface area contributed by atoms with E-state index in [-0.39, 0.29) is 30.6 Å². The predicted octanol–water partition coefficient (Wildman–Crippen LogP) is 2.59. The third kappa shape index (κ3) is 2.96. The molecule has 2 aromatic rings. The number of hydrogen-bond acceptors (Lipinski definition) is 4. The first-order valence-corrected chi connectivity index (χ1v) is 9.06. The number of rotatable bonds is 3. The van der Waals surface area contributed by atoms with Crippen molar-refractivity contribution in [1.29, 1.82) is 0 Å². The molecule has 1 unspecified atom stereocenters. The molecule has 0 bridgehead atoms. The van der Waals surface area contributed by atoms with Crippen LogP contribution in [0.5, 0.6) is 0 Å². The molecule has 25 heavy (non-hydrogen) atoms. The number of carbonyl (C=O) groups is 1. The summed E-state index contributed by atoms with van der Waals surface area (Å²) in [5.74, 6) is 0.364. The Balaban J connectivity index is 1.56. The van der Waals surface area contributed by atoms with E-state index in [1.165, 1.54) is 0 Å². The minimum atomic E-state index is 0.0697. The second kappa shape index (κ2) is 6.46. The van der Waals surface area contributed by atoms with Crippen LogP contribution < -0.4 is 0 Å². The van der Waals surface area contributed by atoms with Crippen LogP contribution in [0.3, 0.4) is 0 Å². The number of benzene rings is 1. The van der Waals surface area contributed by atoms with Gasteiger partial charge in [-0.05, 0) is 49.8 Å². The first-order valence-electron chi connectivity index (χ1n) is 9.06. The van der Waals surface area contributed by atoms with Gasteiger partial charge in [-0.1, -0.05) is 6.07 Å². The number of carbonyl (C=O) groups excluding carboxylic acids is 1. The molecule has 3 atom stereocenters. The summed E-state index contributed by atoms with van der Waals surface area (Å²) in [4.78, 5) is 15.0. The molecule has 134 valence electrons. The molecule has 1 aliphatic heterocycles. The maximum Gasteiger partial charge on any atom is 0.227 e. The number of amides is 1. The van der Waals surface area contributed by atoms with Gasteiger partial charge >= 0.3 is 0 Å². The van der Waals surface area contributed by atoms with Crippen LogP contribution >= 0.6 is 0 Å². The van der Waals surface area contributed by atoms with E-state index in [1.54, 1.807) is 6.26 Å². The lowest BCUT2D eigenvalue weighted by Crippen LogP contribution is -2.51. The van der Waals surface area contributed by atoms with E-state index in [9.17, 15) is 9.90 Å². The molecule has 2 heterocycles. The van der Waals surface area contributed by atoms with Gasteiger partial charge in [-0.3, -0.25) is 4.79 Å². The van der Waals surface area contributed by atoms with Gasteiger partial charge in [0, 0.05) is 24.1 Å². The third-order valence-corrected chi connectivity index (χ3v) is 5.65. The molecule has 1 aromatic heterocycles. The number of aliphatic hydroxyl groups is 1. The van der Waals surface area contributed by atoms with Gasteiger partial charge in [0.05, 0.1) is 31.4 Å². The summed E-state index contributed by atoms with van der Waals surface area (Å²) in [6.07, 6.45) is 3.82.